The number of rotatable bonds is 0. The molecule has 78 valence electrons. The predicted molar refractivity (Wildman–Crippen MR) is 56.9 cm³/mol. The van der Waals surface area contributed by atoms with Crippen LogP contribution in [0.2, 0.25) is 0 Å². The molecule has 2 nitrogen and oxygen atoms in total. The minimum Gasteiger partial charge on any atom is -0.461 e. The number of hydrogen-bond donors (Lipinski definition) is 0. The average Bonchev–Trinajstić information content (AvgIpc) is 2.16. The summed E-state index contributed by atoms with van der Waals surface area (Å²) in [6, 6.07) is 0. The molecule has 0 spiro atoms. The third kappa shape index (κ3) is 4.26. The third-order valence-corrected chi connectivity index (χ3v) is 2.44. The highest BCUT2D eigenvalue weighted by molar-refractivity contribution is 5.71. The molecule has 0 aromatic heterocycles. The Labute approximate surface area is 85.6 Å². The molecule has 0 aromatic rings. The average molecular weight is 194 g/mol. The Morgan fingerprint density at radius 2 is 1.79 bits per heavy atom. The highest BCUT2D eigenvalue weighted by Gasteiger charge is 2.02. The zero-order chi connectivity index (χ0) is 10.4. The van der Waals surface area contributed by atoms with Crippen LogP contribution in [0.25, 0.3) is 0 Å². The van der Waals surface area contributed by atoms with Gasteiger partial charge in [-0.3, -0.25) is 4.79 Å². The molecule has 0 amide bonds. The fourth-order valence-corrected chi connectivity index (χ4v) is 1.44. The number of carbonyl (C=O) groups excluding carboxylic acids is 1. The molecule has 2 heteroatoms. The maximum Gasteiger partial charge on any atom is 0.309 e. The summed E-state index contributed by atoms with van der Waals surface area (Å²) in [7, 11) is 0. The van der Waals surface area contributed by atoms with Crippen molar-refractivity contribution in [3.8, 4) is 0 Å². The van der Waals surface area contributed by atoms with Gasteiger partial charge in [-0.2, -0.15) is 0 Å². The second-order valence-corrected chi connectivity index (χ2v) is 3.84. The Bertz CT molecular complexity index is 261. The topological polar surface area (TPSA) is 26.3 Å². The van der Waals surface area contributed by atoms with Crippen LogP contribution in [-0.4, -0.2) is 12.6 Å². The van der Waals surface area contributed by atoms with Crippen molar-refractivity contribution in [3.63, 3.8) is 0 Å². The lowest BCUT2D eigenvalue weighted by atomic mass is 10.1. The van der Waals surface area contributed by atoms with E-state index >= 15 is 0 Å². The summed E-state index contributed by atoms with van der Waals surface area (Å²) < 4.78 is 5.03. The number of esters is 1. The van der Waals surface area contributed by atoms with Crippen LogP contribution in [0.1, 0.15) is 39.5 Å². The van der Waals surface area contributed by atoms with Gasteiger partial charge in [0.15, 0.2) is 0 Å². The monoisotopic (exact) mass is 194 g/mol. The molecule has 0 saturated heterocycles. The molecular formula is C12H18O2. The summed E-state index contributed by atoms with van der Waals surface area (Å²) in [5, 5.41) is 0. The summed E-state index contributed by atoms with van der Waals surface area (Å²) >= 11 is 0. The van der Waals surface area contributed by atoms with Gasteiger partial charge >= 0.3 is 5.97 Å². The van der Waals surface area contributed by atoms with Gasteiger partial charge in [-0.05, 0) is 39.2 Å². The van der Waals surface area contributed by atoms with Crippen molar-refractivity contribution in [2.45, 2.75) is 39.5 Å². The normalized spacial score (nSPS) is 27.7. The van der Waals surface area contributed by atoms with E-state index in [1.165, 1.54) is 17.6 Å². The van der Waals surface area contributed by atoms with Crippen molar-refractivity contribution < 1.29 is 9.53 Å². The Balaban J connectivity index is 2.58. The molecule has 0 fully saturated rings. The van der Waals surface area contributed by atoms with E-state index in [9.17, 15) is 4.79 Å². The van der Waals surface area contributed by atoms with Gasteiger partial charge in [0, 0.05) is 0 Å². The minimum atomic E-state index is -0.129. The summed E-state index contributed by atoms with van der Waals surface area (Å²) in [6.45, 7) is 4.59. The van der Waals surface area contributed by atoms with Gasteiger partial charge in [0.25, 0.3) is 0 Å². The van der Waals surface area contributed by atoms with E-state index < -0.39 is 0 Å². The van der Waals surface area contributed by atoms with Crippen LogP contribution in [-0.2, 0) is 9.53 Å². The molecule has 0 aliphatic carbocycles. The van der Waals surface area contributed by atoms with Crippen molar-refractivity contribution in [2.24, 2.45) is 0 Å². The van der Waals surface area contributed by atoms with E-state index in [0.29, 0.717) is 13.0 Å². The fraction of sp³-hybridized carbons (Fsp3) is 0.583. The quantitative estimate of drug-likeness (QED) is 0.437. The molecular weight excluding hydrogens is 176 g/mol. The van der Waals surface area contributed by atoms with Gasteiger partial charge in [-0.15, -0.1) is 0 Å². The SMILES string of the molecule is C/C1=C\COC(=O)C/C=C(\C)CCC1. The molecule has 0 bridgehead atoms. The van der Waals surface area contributed by atoms with Crippen molar-refractivity contribution in [2.75, 3.05) is 6.61 Å². The van der Waals surface area contributed by atoms with E-state index in [4.69, 9.17) is 4.74 Å². The van der Waals surface area contributed by atoms with E-state index in [2.05, 4.69) is 13.8 Å². The number of cyclic esters (lactones) is 1. The van der Waals surface area contributed by atoms with E-state index in [1.807, 2.05) is 12.2 Å². The molecule has 0 radical (unpaired) electrons. The molecule has 0 N–H and O–H groups in total. The first-order valence-corrected chi connectivity index (χ1v) is 5.15. The maximum absolute atomic E-state index is 11.2. The van der Waals surface area contributed by atoms with Gasteiger partial charge in [-0.1, -0.05) is 17.2 Å². The van der Waals surface area contributed by atoms with Crippen LogP contribution >= 0.6 is 0 Å². The molecule has 1 aliphatic rings. The number of allylic oxidation sites excluding steroid dienone is 2. The summed E-state index contributed by atoms with van der Waals surface area (Å²) in [5.74, 6) is -0.129. The molecule has 0 unspecified atom stereocenters. The van der Waals surface area contributed by atoms with Gasteiger partial charge in [-0.25, -0.2) is 0 Å². The summed E-state index contributed by atoms with van der Waals surface area (Å²) in [5.41, 5.74) is 2.60. The van der Waals surface area contributed by atoms with E-state index in [0.717, 1.165) is 12.8 Å². The van der Waals surface area contributed by atoms with Crippen LogP contribution in [0.15, 0.2) is 23.3 Å². The second kappa shape index (κ2) is 5.63. The Hall–Kier alpha value is -1.05. The van der Waals surface area contributed by atoms with E-state index in [1.54, 1.807) is 0 Å². The van der Waals surface area contributed by atoms with Crippen molar-refractivity contribution in [1.29, 1.82) is 0 Å². The Kier molecular flexibility index (Phi) is 4.44. The molecule has 1 aliphatic heterocycles. The highest BCUT2D eigenvalue weighted by Crippen LogP contribution is 2.13. The van der Waals surface area contributed by atoms with Crippen molar-refractivity contribution in [3.05, 3.63) is 23.3 Å². The van der Waals surface area contributed by atoms with Crippen molar-refractivity contribution >= 4 is 5.97 Å². The number of ether oxygens (including phenoxy) is 1. The number of hydrogen-bond acceptors (Lipinski definition) is 2. The first kappa shape index (κ1) is 11.0. The lowest BCUT2D eigenvalue weighted by molar-refractivity contribution is -0.141. The van der Waals surface area contributed by atoms with Crippen LogP contribution < -0.4 is 0 Å². The molecule has 1 rings (SSSR count). The molecule has 0 aromatic carbocycles. The van der Waals surface area contributed by atoms with Crippen molar-refractivity contribution in [1.82, 2.24) is 0 Å². The molecule has 1 heterocycles. The predicted octanol–water partition coefficient (Wildman–Crippen LogP) is 3.00. The zero-order valence-corrected chi connectivity index (χ0v) is 9.01. The smallest absolute Gasteiger partial charge is 0.309 e. The standard InChI is InChI=1S/C12H18O2/c1-10-4-3-5-11(2)8-9-14-12(13)7-6-10/h6,8H,3-5,7,9H2,1-2H3/b10-6+,11-8+. The highest BCUT2D eigenvalue weighted by atomic mass is 16.5. The zero-order valence-electron chi connectivity index (χ0n) is 9.01. The van der Waals surface area contributed by atoms with Crippen LogP contribution in [0, 0.1) is 0 Å². The van der Waals surface area contributed by atoms with Crippen LogP contribution in [0.4, 0.5) is 0 Å². The molecule has 0 saturated carbocycles. The van der Waals surface area contributed by atoms with Gasteiger partial charge < -0.3 is 4.74 Å². The second-order valence-electron chi connectivity index (χ2n) is 3.84. The van der Waals surface area contributed by atoms with Gasteiger partial charge in [0.2, 0.25) is 0 Å². The third-order valence-electron chi connectivity index (χ3n) is 2.44. The van der Waals surface area contributed by atoms with Crippen LogP contribution in [0.5, 0.6) is 0 Å². The lowest BCUT2D eigenvalue weighted by Crippen LogP contribution is -2.02. The minimum absolute atomic E-state index is 0.129. The number of carbonyl (C=O) groups is 1. The first-order valence-electron chi connectivity index (χ1n) is 5.15. The van der Waals surface area contributed by atoms with Crippen LogP contribution in [0.3, 0.4) is 0 Å². The Morgan fingerprint density at radius 1 is 1.14 bits per heavy atom. The fourth-order valence-electron chi connectivity index (χ4n) is 1.44. The Morgan fingerprint density at radius 3 is 2.50 bits per heavy atom. The molecule has 0 atom stereocenters. The van der Waals surface area contributed by atoms with Gasteiger partial charge in [0.1, 0.15) is 6.61 Å². The molecule has 14 heavy (non-hydrogen) atoms. The lowest BCUT2D eigenvalue weighted by Gasteiger charge is -2.01. The van der Waals surface area contributed by atoms with Gasteiger partial charge in [0.05, 0.1) is 6.42 Å². The first-order chi connectivity index (χ1) is 6.68. The summed E-state index contributed by atoms with van der Waals surface area (Å²) in [4.78, 5) is 11.2. The maximum atomic E-state index is 11.2. The summed E-state index contributed by atoms with van der Waals surface area (Å²) in [6.07, 6.45) is 7.74. The largest absolute Gasteiger partial charge is 0.461 e. The van der Waals surface area contributed by atoms with E-state index in [-0.39, 0.29) is 5.97 Å².